The van der Waals surface area contributed by atoms with E-state index in [1.165, 1.54) is 19.3 Å². The van der Waals surface area contributed by atoms with Gasteiger partial charge in [-0.1, -0.05) is 19.3 Å². The molecule has 5 nitrogen and oxygen atoms in total. The van der Waals surface area contributed by atoms with Crippen LogP contribution >= 0.6 is 0 Å². The molecule has 1 aromatic rings. The van der Waals surface area contributed by atoms with Gasteiger partial charge in [0.05, 0.1) is 6.20 Å². The number of aryl methyl sites for hydroxylation is 1. The highest BCUT2D eigenvalue weighted by Crippen LogP contribution is 2.38. The molecule has 0 aliphatic heterocycles. The zero-order valence-corrected chi connectivity index (χ0v) is 12.4. The lowest BCUT2D eigenvalue weighted by Crippen LogP contribution is -2.39. The van der Waals surface area contributed by atoms with E-state index in [0.29, 0.717) is 19.5 Å². The van der Waals surface area contributed by atoms with Gasteiger partial charge in [-0.25, -0.2) is 0 Å². The zero-order chi connectivity index (χ0) is 14.4. The number of carbonyl (C=O) groups is 1. The van der Waals surface area contributed by atoms with Crippen molar-refractivity contribution in [3.05, 3.63) is 18.0 Å². The topological polar surface area (TPSA) is 72.9 Å². The smallest absolute Gasteiger partial charge is 0.220 e. The third-order valence-electron chi connectivity index (χ3n) is 4.38. The van der Waals surface area contributed by atoms with Gasteiger partial charge in [0, 0.05) is 26.2 Å². The lowest BCUT2D eigenvalue weighted by Gasteiger charge is -2.35. The molecule has 112 valence electrons. The summed E-state index contributed by atoms with van der Waals surface area (Å²) in [6, 6.07) is 0. The summed E-state index contributed by atoms with van der Waals surface area (Å²) in [4.78, 5) is 12.1. The lowest BCUT2D eigenvalue weighted by atomic mass is 9.71. The van der Waals surface area contributed by atoms with Gasteiger partial charge in [-0.05, 0) is 36.8 Å². The molecule has 1 amide bonds. The SMILES string of the molecule is Cn1cc(CCNC(=O)CC2(CN)CCCCC2)cn1. The van der Waals surface area contributed by atoms with Crippen molar-refractivity contribution < 1.29 is 4.79 Å². The van der Waals surface area contributed by atoms with Gasteiger partial charge in [-0.15, -0.1) is 0 Å². The summed E-state index contributed by atoms with van der Waals surface area (Å²) in [6.45, 7) is 1.30. The third kappa shape index (κ3) is 4.07. The predicted octanol–water partition coefficient (Wildman–Crippen LogP) is 1.38. The number of rotatable bonds is 6. The average molecular weight is 278 g/mol. The minimum Gasteiger partial charge on any atom is -0.356 e. The number of amides is 1. The van der Waals surface area contributed by atoms with Crippen molar-refractivity contribution in [2.75, 3.05) is 13.1 Å². The number of aromatic nitrogens is 2. The number of carbonyl (C=O) groups excluding carboxylic acids is 1. The summed E-state index contributed by atoms with van der Waals surface area (Å²) in [6.07, 6.45) is 11.1. The molecular weight excluding hydrogens is 252 g/mol. The molecule has 1 aliphatic carbocycles. The Bertz CT molecular complexity index is 435. The highest BCUT2D eigenvalue weighted by atomic mass is 16.1. The van der Waals surface area contributed by atoms with Gasteiger partial charge in [0.1, 0.15) is 0 Å². The Morgan fingerprint density at radius 1 is 1.45 bits per heavy atom. The molecule has 0 spiro atoms. The number of nitrogens with one attached hydrogen (secondary N) is 1. The van der Waals surface area contributed by atoms with E-state index >= 15 is 0 Å². The first-order chi connectivity index (χ1) is 9.63. The van der Waals surface area contributed by atoms with Crippen molar-refractivity contribution in [1.82, 2.24) is 15.1 Å². The molecular formula is C15H26N4O. The molecule has 0 unspecified atom stereocenters. The van der Waals surface area contributed by atoms with E-state index in [0.717, 1.165) is 24.8 Å². The first kappa shape index (κ1) is 15.0. The Balaban J connectivity index is 1.74. The van der Waals surface area contributed by atoms with Crippen LogP contribution < -0.4 is 11.1 Å². The van der Waals surface area contributed by atoms with Crippen molar-refractivity contribution in [1.29, 1.82) is 0 Å². The normalized spacial score (nSPS) is 17.9. The highest BCUT2D eigenvalue weighted by molar-refractivity contribution is 5.76. The van der Waals surface area contributed by atoms with E-state index in [2.05, 4.69) is 10.4 Å². The van der Waals surface area contributed by atoms with Gasteiger partial charge in [0.25, 0.3) is 0 Å². The van der Waals surface area contributed by atoms with Crippen molar-refractivity contribution >= 4 is 5.91 Å². The minimum absolute atomic E-state index is 0.0522. The first-order valence-corrected chi connectivity index (χ1v) is 7.58. The molecule has 0 atom stereocenters. The fourth-order valence-electron chi connectivity index (χ4n) is 3.11. The van der Waals surface area contributed by atoms with Crippen molar-refractivity contribution in [3.63, 3.8) is 0 Å². The maximum absolute atomic E-state index is 12.1. The Morgan fingerprint density at radius 3 is 2.80 bits per heavy atom. The van der Waals surface area contributed by atoms with Crippen LogP contribution in [0.25, 0.3) is 0 Å². The Morgan fingerprint density at radius 2 is 2.20 bits per heavy atom. The van der Waals surface area contributed by atoms with E-state index < -0.39 is 0 Å². The molecule has 1 aliphatic rings. The van der Waals surface area contributed by atoms with E-state index in [1.54, 1.807) is 4.68 Å². The van der Waals surface area contributed by atoms with Crippen molar-refractivity contribution in [2.24, 2.45) is 18.2 Å². The molecule has 1 heterocycles. The summed E-state index contributed by atoms with van der Waals surface area (Å²) in [7, 11) is 1.90. The van der Waals surface area contributed by atoms with Gasteiger partial charge in [0.2, 0.25) is 5.91 Å². The molecule has 1 saturated carbocycles. The molecule has 1 aromatic heterocycles. The average Bonchev–Trinajstić information content (AvgIpc) is 2.85. The number of nitrogens with two attached hydrogens (primary N) is 1. The first-order valence-electron chi connectivity index (χ1n) is 7.58. The Labute approximate surface area is 120 Å². The molecule has 0 aromatic carbocycles. The molecule has 3 N–H and O–H groups in total. The van der Waals surface area contributed by atoms with Crippen LogP contribution in [0.5, 0.6) is 0 Å². The van der Waals surface area contributed by atoms with E-state index in [-0.39, 0.29) is 11.3 Å². The second-order valence-corrected chi connectivity index (χ2v) is 6.06. The molecule has 0 radical (unpaired) electrons. The maximum Gasteiger partial charge on any atom is 0.220 e. The molecule has 1 fully saturated rings. The van der Waals surface area contributed by atoms with E-state index in [4.69, 9.17) is 5.73 Å². The largest absolute Gasteiger partial charge is 0.356 e. The van der Waals surface area contributed by atoms with Gasteiger partial charge >= 0.3 is 0 Å². The van der Waals surface area contributed by atoms with Gasteiger partial charge in [-0.3, -0.25) is 9.48 Å². The number of nitrogens with zero attached hydrogens (tertiary/aromatic N) is 2. The van der Waals surface area contributed by atoms with Crippen LogP contribution in [0.4, 0.5) is 0 Å². The van der Waals surface area contributed by atoms with Crippen LogP contribution in [-0.2, 0) is 18.3 Å². The number of hydrogen-bond acceptors (Lipinski definition) is 3. The fraction of sp³-hybridized carbons (Fsp3) is 0.733. The fourth-order valence-corrected chi connectivity index (χ4v) is 3.11. The lowest BCUT2D eigenvalue weighted by molar-refractivity contribution is -0.123. The van der Waals surface area contributed by atoms with E-state index in [9.17, 15) is 4.79 Å². The second-order valence-electron chi connectivity index (χ2n) is 6.06. The molecule has 0 bridgehead atoms. The predicted molar refractivity (Wildman–Crippen MR) is 79.1 cm³/mol. The standard InChI is InChI=1S/C15H26N4O/c1-19-11-13(10-18-19)5-8-17-14(20)9-15(12-16)6-3-2-4-7-15/h10-11H,2-9,12,16H2,1H3,(H,17,20). The molecule has 0 saturated heterocycles. The second kappa shape index (κ2) is 6.88. The van der Waals surface area contributed by atoms with E-state index in [1.807, 2.05) is 19.4 Å². The maximum atomic E-state index is 12.1. The highest BCUT2D eigenvalue weighted by Gasteiger charge is 2.32. The Kier molecular flexibility index (Phi) is 5.17. The summed E-state index contributed by atoms with van der Waals surface area (Å²) in [5.41, 5.74) is 7.12. The molecule has 5 heteroatoms. The number of hydrogen-bond donors (Lipinski definition) is 2. The van der Waals surface area contributed by atoms with Crippen molar-refractivity contribution in [3.8, 4) is 0 Å². The van der Waals surface area contributed by atoms with Crippen molar-refractivity contribution in [2.45, 2.75) is 44.9 Å². The quantitative estimate of drug-likeness (QED) is 0.825. The van der Waals surface area contributed by atoms with Crippen LogP contribution in [0.3, 0.4) is 0 Å². The van der Waals surface area contributed by atoms with Gasteiger partial charge < -0.3 is 11.1 Å². The van der Waals surface area contributed by atoms with Gasteiger partial charge in [-0.2, -0.15) is 5.10 Å². The summed E-state index contributed by atoms with van der Waals surface area (Å²) < 4.78 is 1.78. The van der Waals surface area contributed by atoms with Crippen LogP contribution in [0.1, 0.15) is 44.1 Å². The zero-order valence-electron chi connectivity index (χ0n) is 12.4. The third-order valence-corrected chi connectivity index (χ3v) is 4.38. The summed E-state index contributed by atoms with van der Waals surface area (Å²) >= 11 is 0. The minimum atomic E-state index is 0.0522. The summed E-state index contributed by atoms with van der Waals surface area (Å²) in [5, 5.41) is 7.13. The van der Waals surface area contributed by atoms with Crippen LogP contribution in [0.15, 0.2) is 12.4 Å². The van der Waals surface area contributed by atoms with Crippen LogP contribution in [0.2, 0.25) is 0 Å². The van der Waals surface area contributed by atoms with Crippen LogP contribution in [0, 0.1) is 5.41 Å². The summed E-state index contributed by atoms with van der Waals surface area (Å²) in [5.74, 6) is 0.140. The monoisotopic (exact) mass is 278 g/mol. The Hall–Kier alpha value is -1.36. The van der Waals surface area contributed by atoms with Gasteiger partial charge in [0.15, 0.2) is 0 Å². The van der Waals surface area contributed by atoms with Crippen LogP contribution in [-0.4, -0.2) is 28.8 Å². The molecule has 20 heavy (non-hydrogen) atoms. The molecule has 2 rings (SSSR count).